The lowest BCUT2D eigenvalue weighted by atomic mass is 9.34. The van der Waals surface area contributed by atoms with Gasteiger partial charge in [0.15, 0.2) is 11.5 Å². The molecule has 0 aromatic heterocycles. The largest absolute Gasteiger partial charge is 0.513 e. The number of halogens is 1. The Morgan fingerprint density at radius 1 is 0.600 bits per heavy atom. The molecule has 404 valence electrons. The van der Waals surface area contributed by atoms with Crippen molar-refractivity contribution in [1.29, 1.82) is 10.5 Å². The molecule has 0 saturated heterocycles. The lowest BCUT2D eigenvalue weighted by Crippen LogP contribution is -2.61. The van der Waals surface area contributed by atoms with E-state index in [1.165, 1.54) is 24.0 Å². The summed E-state index contributed by atoms with van der Waals surface area (Å²) in [6, 6.07) is 5.34. The highest BCUT2D eigenvalue weighted by Gasteiger charge is 2.69. The van der Waals surface area contributed by atoms with Crippen LogP contribution in [0.3, 0.4) is 0 Å². The standard InChI is InChI=1S/C32H41NO4.C29H37NO2.C3H5ClO2/c1-8-36-27(35)37-26-20(2)21-9-10-24-30(5,22(21)17-23(26)34)14-16-32(7)25-18-28(3,19-33)11-12-29(25,4)13-15-31(24,32)6;1-18-19-7-8-22-27(4,20(19)15-21(31)24(18)32)12-14-29(6)23-16-25(2,17-30)9-10-26(23,3)11-13-28(22,29)5;1-2-6-3(4)5/h9-10,17,25H,8,11-16,18H2,1-7H3;7-8,15,23,32H,9-14,16H2,1-6H3;2H2,1H3/t25-,28-,29-,30+,31-,32+;23-,25-,26-,27+,28-,29+;/m11./s1. The zero-order valence-electron chi connectivity index (χ0n) is 47.5. The Kier molecular flexibility index (Phi) is 14.2. The molecule has 12 atom stereocenters. The summed E-state index contributed by atoms with van der Waals surface area (Å²) in [6.45, 7) is 31.5. The van der Waals surface area contributed by atoms with E-state index in [1.807, 2.05) is 13.8 Å². The summed E-state index contributed by atoms with van der Waals surface area (Å²) < 4.78 is 14.4. The topological polar surface area (TPSA) is 164 Å². The third kappa shape index (κ3) is 8.51. The average Bonchev–Trinajstić information content (AvgIpc) is 3.36. The van der Waals surface area contributed by atoms with Crippen molar-refractivity contribution in [3.8, 4) is 12.1 Å². The molecule has 0 bridgehead atoms. The molecule has 75 heavy (non-hydrogen) atoms. The predicted molar refractivity (Wildman–Crippen MR) is 291 cm³/mol. The minimum atomic E-state index is -0.844. The van der Waals surface area contributed by atoms with Crippen molar-refractivity contribution in [2.75, 3.05) is 13.2 Å². The maximum absolute atomic E-state index is 13.2. The van der Waals surface area contributed by atoms with Gasteiger partial charge in [0, 0.05) is 33.6 Å². The minimum Gasteiger partial charge on any atom is -0.504 e. The zero-order valence-corrected chi connectivity index (χ0v) is 48.3. The van der Waals surface area contributed by atoms with Gasteiger partial charge in [-0.1, -0.05) is 90.8 Å². The van der Waals surface area contributed by atoms with Gasteiger partial charge in [-0.05, 0) is 210 Å². The molecule has 0 spiro atoms. The molecule has 0 amide bonds. The van der Waals surface area contributed by atoms with Crippen LogP contribution in [0.4, 0.5) is 9.59 Å². The summed E-state index contributed by atoms with van der Waals surface area (Å²) in [6.07, 6.45) is 26.5. The minimum absolute atomic E-state index is 0.0247. The van der Waals surface area contributed by atoms with Crippen molar-refractivity contribution < 1.29 is 38.5 Å². The van der Waals surface area contributed by atoms with Crippen molar-refractivity contribution in [1.82, 2.24) is 0 Å². The molecule has 6 saturated carbocycles. The van der Waals surface area contributed by atoms with Gasteiger partial charge >= 0.3 is 11.6 Å². The average molecular weight is 1040 g/mol. The molecule has 1 N–H and O–H groups in total. The van der Waals surface area contributed by atoms with Gasteiger partial charge < -0.3 is 19.3 Å². The lowest BCUT2D eigenvalue weighted by Gasteiger charge is -2.69. The Balaban J connectivity index is 0.000000181. The maximum Gasteiger partial charge on any atom is 0.513 e. The molecular weight excluding hydrogens is 960 g/mol. The molecule has 0 aliphatic heterocycles. The number of rotatable bonds is 3. The van der Waals surface area contributed by atoms with Gasteiger partial charge in [0.1, 0.15) is 0 Å². The van der Waals surface area contributed by atoms with E-state index in [4.69, 9.17) is 21.1 Å². The van der Waals surface area contributed by atoms with Crippen molar-refractivity contribution in [3.05, 3.63) is 92.6 Å². The van der Waals surface area contributed by atoms with E-state index >= 15 is 0 Å². The second kappa shape index (κ2) is 18.9. The van der Waals surface area contributed by atoms with Gasteiger partial charge in [0.2, 0.25) is 11.6 Å². The number of hydrogen-bond acceptors (Lipinski definition) is 10. The van der Waals surface area contributed by atoms with Crippen molar-refractivity contribution in [2.24, 2.45) is 66.0 Å². The van der Waals surface area contributed by atoms with Gasteiger partial charge in [0.25, 0.3) is 0 Å². The van der Waals surface area contributed by atoms with Gasteiger partial charge in [-0.15, -0.1) is 0 Å². The molecule has 10 rings (SSSR count). The van der Waals surface area contributed by atoms with Crippen LogP contribution >= 0.6 is 11.6 Å². The van der Waals surface area contributed by atoms with E-state index in [-0.39, 0.29) is 78.4 Å². The Bertz CT molecular complexity index is 2860. The van der Waals surface area contributed by atoms with Crippen LogP contribution in [-0.2, 0) is 23.8 Å². The van der Waals surface area contributed by atoms with E-state index in [0.29, 0.717) is 35.0 Å². The van der Waals surface area contributed by atoms with Gasteiger partial charge in [-0.25, -0.2) is 9.59 Å². The fourth-order valence-corrected chi connectivity index (χ4v) is 17.7. The maximum atomic E-state index is 13.2. The first-order valence-corrected chi connectivity index (χ1v) is 28.3. The first-order valence-electron chi connectivity index (χ1n) is 27.9. The van der Waals surface area contributed by atoms with E-state index < -0.39 is 11.6 Å². The summed E-state index contributed by atoms with van der Waals surface area (Å²) in [5.74, 6) is 0.429. The van der Waals surface area contributed by atoms with Crippen molar-refractivity contribution in [2.45, 2.75) is 187 Å². The van der Waals surface area contributed by atoms with Crippen LogP contribution in [-0.4, -0.2) is 41.5 Å². The highest BCUT2D eigenvalue weighted by atomic mass is 35.5. The Labute approximate surface area is 452 Å². The molecule has 0 heterocycles. The summed E-state index contributed by atoms with van der Waals surface area (Å²) in [4.78, 5) is 47.4. The fourth-order valence-electron chi connectivity index (χ4n) is 17.6. The summed E-state index contributed by atoms with van der Waals surface area (Å²) in [5, 5.41) is 30.3. The first kappa shape index (κ1) is 56.3. The van der Waals surface area contributed by atoms with Crippen LogP contribution < -0.4 is 0 Å². The molecule has 10 aliphatic carbocycles. The molecule has 0 radical (unpaired) electrons. The third-order valence-corrected chi connectivity index (χ3v) is 23.1. The van der Waals surface area contributed by atoms with E-state index in [9.17, 15) is 34.8 Å². The third-order valence-electron chi connectivity index (χ3n) is 23.0. The summed E-state index contributed by atoms with van der Waals surface area (Å²) >= 11 is 4.72. The molecule has 11 heteroatoms. The van der Waals surface area contributed by atoms with Crippen LogP contribution in [0.25, 0.3) is 0 Å². The normalized spacial score (nSPS) is 42.0. The molecule has 0 aromatic rings. The summed E-state index contributed by atoms with van der Waals surface area (Å²) in [5.41, 5.74) is 7.55. The first-order chi connectivity index (χ1) is 34.9. The highest BCUT2D eigenvalue weighted by Crippen LogP contribution is 2.77. The molecule has 0 unspecified atom stereocenters. The number of carbonyl (C=O) groups excluding carboxylic acids is 4. The van der Waals surface area contributed by atoms with Gasteiger partial charge in [-0.3, -0.25) is 9.59 Å². The van der Waals surface area contributed by atoms with Crippen molar-refractivity contribution >= 4 is 34.8 Å². The number of ketones is 2. The fraction of sp³-hybridized carbons (Fsp3) is 0.656. The number of hydrogen-bond donors (Lipinski definition) is 1. The van der Waals surface area contributed by atoms with Crippen LogP contribution in [0.2, 0.25) is 0 Å². The van der Waals surface area contributed by atoms with Crippen LogP contribution in [0.15, 0.2) is 92.6 Å². The van der Waals surface area contributed by atoms with E-state index in [1.54, 1.807) is 26.0 Å². The quantitative estimate of drug-likeness (QED) is 0.212. The molecule has 6 fully saturated rings. The van der Waals surface area contributed by atoms with E-state index in [0.717, 1.165) is 99.3 Å². The number of nitrogens with zero attached hydrogens (tertiary/aromatic N) is 2. The highest BCUT2D eigenvalue weighted by molar-refractivity contribution is 6.61. The lowest BCUT2D eigenvalue weighted by molar-refractivity contribution is -0.155. The molecule has 10 nitrogen and oxygen atoms in total. The van der Waals surface area contributed by atoms with E-state index in [2.05, 4.69) is 110 Å². The molecule has 10 aliphatic rings. The Morgan fingerprint density at radius 3 is 1.41 bits per heavy atom. The number of carbonyl (C=O) groups is 4. The number of allylic oxidation sites excluding steroid dienone is 14. The van der Waals surface area contributed by atoms with Crippen LogP contribution in [0.5, 0.6) is 0 Å². The smallest absolute Gasteiger partial charge is 0.504 e. The Morgan fingerprint density at radius 2 is 1.01 bits per heavy atom. The summed E-state index contributed by atoms with van der Waals surface area (Å²) in [7, 11) is 0. The van der Waals surface area contributed by atoms with Crippen molar-refractivity contribution in [3.63, 3.8) is 0 Å². The SMILES string of the molecule is CC1=C(O)C(=O)C=C2C1=CC=C1[C@@]2(C)CC[C@@]2(C)[C@@H]3C[C@](C)(C#N)CC[C@]3(C)CC[C@]12C.CCOC(=O)Cl.CCOC(=O)OC1=C(C)C2=CC=C3[C@@](C)(CC[C@@]4(C)[C@@H]5C[C@](C)(C#N)CC[C@]5(C)CC[C@]34C)C2=CC1=O. The molecular formula is C64H83ClN2O8. The van der Waals surface area contributed by atoms with Gasteiger partial charge in [-0.2, -0.15) is 10.5 Å². The zero-order chi connectivity index (χ0) is 55.3. The van der Waals surface area contributed by atoms with Gasteiger partial charge in [0.05, 0.1) is 36.2 Å². The second-order valence-corrected chi connectivity index (χ2v) is 27.2. The number of aliphatic hydroxyl groups excluding tert-OH is 1. The number of fused-ring (bicyclic) bond motifs is 14. The molecule has 0 aromatic carbocycles. The van der Waals surface area contributed by atoms with Crippen LogP contribution in [0, 0.1) is 88.6 Å². The van der Waals surface area contributed by atoms with Crippen LogP contribution in [0.1, 0.15) is 187 Å². The number of ether oxygens (including phenoxy) is 3. The Hall–Kier alpha value is -4.93. The number of aliphatic hydroxyl groups is 1. The second-order valence-electron chi connectivity index (χ2n) is 26.9. The predicted octanol–water partition coefficient (Wildman–Crippen LogP) is 16.3. The number of nitriles is 2. The monoisotopic (exact) mass is 1040 g/mol.